The standard InChI is InChI=1S/C32H26F2N4O4/c1-17-14-19(33)4-8-22(17)29-18(2)38(21-6-7-21)16-23(31(29)39)32(40)36-20-5-10-26(24(34)15-20)42-27-12-13-35-25-9-11-28(41-3)37-30(25)27/h4-5,8-16,21H,6-7H2,1-3H3,(H,36,40). The molecule has 1 saturated carbocycles. The number of nitrogens with one attached hydrogen (secondary N) is 1. The highest BCUT2D eigenvalue weighted by Gasteiger charge is 2.29. The summed E-state index contributed by atoms with van der Waals surface area (Å²) in [7, 11) is 1.49. The SMILES string of the molecule is COc1ccc2nccc(Oc3ccc(NC(=O)c4cn(C5CC5)c(C)c(-c5ccc(F)cc5C)c4=O)cc3F)c2n1. The van der Waals surface area contributed by atoms with Crippen LogP contribution in [-0.2, 0) is 0 Å². The quantitative estimate of drug-likeness (QED) is 0.234. The van der Waals surface area contributed by atoms with Gasteiger partial charge in [0.15, 0.2) is 17.3 Å². The van der Waals surface area contributed by atoms with Crippen LogP contribution in [0.1, 0.15) is 40.5 Å². The summed E-state index contributed by atoms with van der Waals surface area (Å²) in [6, 6.07) is 13.3. The molecule has 0 unspecified atom stereocenters. The van der Waals surface area contributed by atoms with E-state index in [0.717, 1.165) is 18.9 Å². The Morgan fingerprint density at radius 2 is 1.83 bits per heavy atom. The summed E-state index contributed by atoms with van der Waals surface area (Å²) in [5, 5.41) is 2.64. The third kappa shape index (κ3) is 5.07. The average molecular weight is 569 g/mol. The number of halogens is 2. The summed E-state index contributed by atoms with van der Waals surface area (Å²) < 4.78 is 41.9. The maximum atomic E-state index is 15.2. The molecule has 1 N–H and O–H groups in total. The van der Waals surface area contributed by atoms with Crippen molar-refractivity contribution in [3.05, 3.63) is 106 Å². The predicted molar refractivity (Wildman–Crippen MR) is 154 cm³/mol. The molecular formula is C32H26F2N4O4. The molecule has 1 aliphatic carbocycles. The molecule has 0 saturated heterocycles. The molecule has 3 aromatic heterocycles. The van der Waals surface area contributed by atoms with Gasteiger partial charge in [-0.05, 0) is 68.1 Å². The van der Waals surface area contributed by atoms with Crippen LogP contribution < -0.4 is 20.2 Å². The number of nitrogens with zero attached hydrogens (tertiary/aromatic N) is 3. The third-order valence-corrected chi connectivity index (χ3v) is 7.27. The molecular weight excluding hydrogens is 542 g/mol. The molecule has 0 bridgehead atoms. The first-order valence-electron chi connectivity index (χ1n) is 13.3. The highest BCUT2D eigenvalue weighted by Crippen LogP contribution is 2.38. The van der Waals surface area contributed by atoms with E-state index in [4.69, 9.17) is 9.47 Å². The first-order valence-corrected chi connectivity index (χ1v) is 13.3. The van der Waals surface area contributed by atoms with Gasteiger partial charge in [-0.25, -0.2) is 13.8 Å². The highest BCUT2D eigenvalue weighted by atomic mass is 19.1. The lowest BCUT2D eigenvalue weighted by Gasteiger charge is -2.18. The lowest BCUT2D eigenvalue weighted by molar-refractivity contribution is 0.102. The number of pyridine rings is 3. The van der Waals surface area contributed by atoms with Crippen LogP contribution in [0.4, 0.5) is 14.5 Å². The van der Waals surface area contributed by atoms with E-state index in [-0.39, 0.29) is 28.8 Å². The Kier molecular flexibility index (Phi) is 6.89. The molecule has 0 aliphatic heterocycles. The van der Waals surface area contributed by atoms with Gasteiger partial charge >= 0.3 is 0 Å². The maximum absolute atomic E-state index is 15.2. The van der Waals surface area contributed by atoms with Crippen LogP contribution in [0.5, 0.6) is 17.4 Å². The molecule has 212 valence electrons. The molecule has 42 heavy (non-hydrogen) atoms. The van der Waals surface area contributed by atoms with Gasteiger partial charge < -0.3 is 19.4 Å². The molecule has 1 amide bonds. The average Bonchev–Trinajstić information content (AvgIpc) is 3.81. The normalized spacial score (nSPS) is 12.8. The van der Waals surface area contributed by atoms with Crippen molar-refractivity contribution in [2.45, 2.75) is 32.7 Å². The number of aryl methyl sites for hydroxylation is 1. The zero-order valence-electron chi connectivity index (χ0n) is 23.1. The van der Waals surface area contributed by atoms with E-state index >= 15 is 4.39 Å². The Morgan fingerprint density at radius 1 is 1.02 bits per heavy atom. The summed E-state index contributed by atoms with van der Waals surface area (Å²) in [6.45, 7) is 3.55. The van der Waals surface area contributed by atoms with Crippen molar-refractivity contribution < 1.29 is 23.0 Å². The number of anilines is 1. The van der Waals surface area contributed by atoms with Crippen LogP contribution in [-0.4, -0.2) is 27.6 Å². The molecule has 8 nitrogen and oxygen atoms in total. The molecule has 5 aromatic rings. The predicted octanol–water partition coefficient (Wildman–Crippen LogP) is 6.74. The smallest absolute Gasteiger partial charge is 0.261 e. The van der Waals surface area contributed by atoms with E-state index < -0.39 is 23.0 Å². The van der Waals surface area contributed by atoms with E-state index in [1.807, 2.05) is 11.5 Å². The van der Waals surface area contributed by atoms with Gasteiger partial charge in [-0.2, -0.15) is 0 Å². The second-order valence-corrected chi connectivity index (χ2v) is 10.2. The maximum Gasteiger partial charge on any atom is 0.261 e. The number of carbonyl (C=O) groups excluding carboxylic acids is 1. The summed E-state index contributed by atoms with van der Waals surface area (Å²) in [6.07, 6.45) is 4.93. The van der Waals surface area contributed by atoms with E-state index in [0.29, 0.717) is 39.3 Å². The van der Waals surface area contributed by atoms with E-state index in [2.05, 4.69) is 15.3 Å². The van der Waals surface area contributed by atoms with Gasteiger partial charge in [0.25, 0.3) is 5.91 Å². The number of rotatable bonds is 7. The molecule has 0 radical (unpaired) electrons. The summed E-state index contributed by atoms with van der Waals surface area (Å²) in [5.41, 5.74) is 2.71. The molecule has 1 fully saturated rings. The van der Waals surface area contributed by atoms with Crippen LogP contribution >= 0.6 is 0 Å². The van der Waals surface area contributed by atoms with Gasteiger partial charge in [0.1, 0.15) is 16.9 Å². The molecule has 6 rings (SSSR count). The number of fused-ring (bicyclic) bond motifs is 1. The van der Waals surface area contributed by atoms with Crippen molar-refractivity contribution in [3.8, 4) is 28.5 Å². The summed E-state index contributed by atoms with van der Waals surface area (Å²) in [5.74, 6) is -1.28. The number of methoxy groups -OCH3 is 1. The molecule has 2 aromatic carbocycles. The highest BCUT2D eigenvalue weighted by molar-refractivity contribution is 6.05. The number of ether oxygens (including phenoxy) is 2. The van der Waals surface area contributed by atoms with Gasteiger partial charge in [0.2, 0.25) is 11.3 Å². The van der Waals surface area contributed by atoms with Crippen molar-refractivity contribution in [1.29, 1.82) is 0 Å². The van der Waals surface area contributed by atoms with E-state index in [1.54, 1.807) is 37.4 Å². The minimum atomic E-state index is -0.734. The first-order chi connectivity index (χ1) is 20.2. The monoisotopic (exact) mass is 568 g/mol. The van der Waals surface area contributed by atoms with Crippen LogP contribution in [0.2, 0.25) is 0 Å². The Morgan fingerprint density at radius 3 is 2.55 bits per heavy atom. The zero-order valence-corrected chi connectivity index (χ0v) is 23.1. The largest absolute Gasteiger partial charge is 0.481 e. The number of benzene rings is 2. The van der Waals surface area contributed by atoms with E-state index in [9.17, 15) is 14.0 Å². The topological polar surface area (TPSA) is 95.3 Å². The Bertz CT molecular complexity index is 1940. The molecule has 0 atom stereocenters. The number of carbonyl (C=O) groups is 1. The van der Waals surface area contributed by atoms with Gasteiger partial charge in [-0.15, -0.1) is 0 Å². The second kappa shape index (κ2) is 10.7. The minimum absolute atomic E-state index is 0.0877. The second-order valence-electron chi connectivity index (χ2n) is 10.2. The van der Waals surface area contributed by atoms with Gasteiger partial charge in [-0.1, -0.05) is 6.07 Å². The van der Waals surface area contributed by atoms with Crippen molar-refractivity contribution >= 4 is 22.6 Å². The fraction of sp³-hybridized carbons (Fsp3) is 0.188. The molecule has 3 heterocycles. The van der Waals surface area contributed by atoms with Gasteiger partial charge in [0, 0.05) is 53.6 Å². The van der Waals surface area contributed by atoms with Crippen molar-refractivity contribution in [2.75, 3.05) is 12.4 Å². The van der Waals surface area contributed by atoms with Crippen LogP contribution in [0.3, 0.4) is 0 Å². The Labute approximate surface area is 239 Å². The minimum Gasteiger partial charge on any atom is -0.481 e. The first kappa shape index (κ1) is 27.1. The van der Waals surface area contributed by atoms with Gasteiger partial charge in [0.05, 0.1) is 12.6 Å². The summed E-state index contributed by atoms with van der Waals surface area (Å²) in [4.78, 5) is 35.6. The number of hydrogen-bond donors (Lipinski definition) is 1. The zero-order chi connectivity index (χ0) is 29.5. The van der Waals surface area contributed by atoms with Crippen molar-refractivity contribution in [3.63, 3.8) is 0 Å². The van der Waals surface area contributed by atoms with Crippen LogP contribution in [0.15, 0.2) is 71.8 Å². The fourth-order valence-corrected chi connectivity index (χ4v) is 5.00. The lowest BCUT2D eigenvalue weighted by atomic mass is 9.96. The Hall–Kier alpha value is -5.12. The molecule has 0 spiro atoms. The van der Waals surface area contributed by atoms with E-state index in [1.165, 1.54) is 37.6 Å². The molecule has 1 aliphatic rings. The lowest BCUT2D eigenvalue weighted by Crippen LogP contribution is -2.26. The number of hydrogen-bond acceptors (Lipinski definition) is 6. The van der Waals surface area contributed by atoms with Crippen molar-refractivity contribution in [2.24, 2.45) is 0 Å². The molecule has 10 heteroatoms. The van der Waals surface area contributed by atoms with Gasteiger partial charge in [-0.3, -0.25) is 14.6 Å². The van der Waals surface area contributed by atoms with Crippen molar-refractivity contribution in [1.82, 2.24) is 14.5 Å². The fourth-order valence-electron chi connectivity index (χ4n) is 5.00. The number of aromatic nitrogens is 3. The third-order valence-electron chi connectivity index (χ3n) is 7.27. The van der Waals surface area contributed by atoms with Crippen LogP contribution in [0, 0.1) is 25.5 Å². The number of amides is 1. The van der Waals surface area contributed by atoms with Crippen LogP contribution in [0.25, 0.3) is 22.2 Å². The summed E-state index contributed by atoms with van der Waals surface area (Å²) >= 11 is 0. The Balaban J connectivity index is 1.31.